The van der Waals surface area contributed by atoms with Crippen LogP contribution in [0, 0.1) is 13.8 Å². The van der Waals surface area contributed by atoms with E-state index in [0.717, 1.165) is 27.7 Å². The first-order valence-electron chi connectivity index (χ1n) is 12.9. The monoisotopic (exact) mass is 456 g/mol. The van der Waals surface area contributed by atoms with Gasteiger partial charge in [0.2, 0.25) is 5.69 Å². The Morgan fingerprint density at radius 2 is 1.49 bits per heavy atom. The van der Waals surface area contributed by atoms with Gasteiger partial charge in [0.1, 0.15) is 7.05 Å². The predicted octanol–water partition coefficient (Wildman–Crippen LogP) is 8.30. The molecular weight excluding hydrogens is 424 g/mol. The number of nitrogens with zero attached hydrogens (tertiary/aromatic N) is 2. The summed E-state index contributed by atoms with van der Waals surface area (Å²) in [4.78, 5) is 0. The van der Waals surface area contributed by atoms with Gasteiger partial charge in [-0.15, -0.1) is 0 Å². The van der Waals surface area contributed by atoms with Crippen LogP contribution in [0.1, 0.15) is 32.5 Å². The van der Waals surface area contributed by atoms with Crippen molar-refractivity contribution >= 4 is 32.6 Å². The molecular formula is C33H31N2+. The van der Waals surface area contributed by atoms with Gasteiger partial charge in [-0.1, -0.05) is 54.6 Å². The predicted molar refractivity (Wildman–Crippen MR) is 149 cm³/mol. The molecule has 2 heterocycles. The second-order valence-electron chi connectivity index (χ2n) is 9.91. The first-order valence-corrected chi connectivity index (χ1v) is 12.4. The van der Waals surface area contributed by atoms with Gasteiger partial charge in [0.25, 0.3) is 0 Å². The molecule has 0 bridgehead atoms. The molecule has 2 aromatic heterocycles. The molecule has 0 aliphatic rings. The highest BCUT2D eigenvalue weighted by atomic mass is 15.0. The third kappa shape index (κ3) is 3.36. The topological polar surface area (TPSA) is 8.81 Å². The quantitative estimate of drug-likeness (QED) is 0.237. The fourth-order valence-corrected chi connectivity index (χ4v) is 5.58. The van der Waals surface area contributed by atoms with Gasteiger partial charge in [-0.25, -0.2) is 0 Å². The molecule has 35 heavy (non-hydrogen) atoms. The average molecular weight is 457 g/mol. The Balaban J connectivity index is 1.69. The van der Waals surface area contributed by atoms with Crippen LogP contribution in [0.5, 0.6) is 0 Å². The number of para-hydroxylation sites is 1. The summed E-state index contributed by atoms with van der Waals surface area (Å²) >= 11 is 0. The lowest BCUT2D eigenvalue weighted by Gasteiger charge is -2.14. The molecule has 6 rings (SSSR count). The Labute approximate surface area is 208 Å². The third-order valence-electron chi connectivity index (χ3n) is 7.36. The minimum Gasteiger partial charge on any atom is -0.338 e. The van der Waals surface area contributed by atoms with Crippen molar-refractivity contribution < 1.29 is 5.94 Å². The van der Waals surface area contributed by atoms with Gasteiger partial charge >= 0.3 is 0 Å². The van der Waals surface area contributed by atoms with Crippen LogP contribution in [-0.4, -0.2) is 4.57 Å². The molecule has 0 saturated carbocycles. The largest absolute Gasteiger partial charge is 0.338 e. The highest BCUT2D eigenvalue weighted by Gasteiger charge is 2.23. The van der Waals surface area contributed by atoms with Crippen molar-refractivity contribution in [1.29, 1.82) is 0 Å². The summed E-state index contributed by atoms with van der Waals surface area (Å²) in [5.74, 6) is 0. The molecule has 0 atom stereocenters. The summed E-state index contributed by atoms with van der Waals surface area (Å²) in [6.07, 6.45) is 0. The van der Waals surface area contributed by atoms with E-state index in [1.807, 2.05) is 6.07 Å². The van der Waals surface area contributed by atoms with Gasteiger partial charge < -0.3 is 4.57 Å². The van der Waals surface area contributed by atoms with Crippen molar-refractivity contribution in [3.63, 3.8) is 0 Å². The first-order chi connectivity index (χ1) is 17.4. The standard InChI is InChI=1S/C33H31N2/c1-21(2)35-31-14-10-9-13-28(31)30-17-22(3)29(20-32(30)35)33-27-16-15-25(24-11-7-6-8-12-24)19-26(27)18-23(4)34(33)5/h6-21H,1-5H3/q+1/i18D. The van der Waals surface area contributed by atoms with Crippen molar-refractivity contribution in [3.8, 4) is 22.4 Å². The number of aromatic nitrogens is 2. The van der Waals surface area contributed by atoms with E-state index in [2.05, 4.69) is 123 Å². The second-order valence-corrected chi connectivity index (χ2v) is 9.91. The van der Waals surface area contributed by atoms with Gasteiger partial charge in [-0.2, -0.15) is 4.57 Å². The van der Waals surface area contributed by atoms with Crippen LogP contribution >= 0.6 is 0 Å². The van der Waals surface area contributed by atoms with Crippen LogP contribution in [-0.2, 0) is 7.05 Å². The molecule has 0 spiro atoms. The van der Waals surface area contributed by atoms with E-state index < -0.39 is 0 Å². The smallest absolute Gasteiger partial charge is 0.220 e. The number of hydrogen-bond acceptors (Lipinski definition) is 0. The fourth-order valence-electron chi connectivity index (χ4n) is 5.58. The lowest BCUT2D eigenvalue weighted by molar-refractivity contribution is -0.665. The van der Waals surface area contributed by atoms with Crippen molar-refractivity contribution in [3.05, 3.63) is 102 Å². The molecule has 0 fully saturated rings. The molecule has 0 radical (unpaired) electrons. The normalized spacial score (nSPS) is 12.2. The van der Waals surface area contributed by atoms with Crippen molar-refractivity contribution in [2.45, 2.75) is 33.7 Å². The van der Waals surface area contributed by atoms with Crippen LogP contribution in [0.25, 0.3) is 55.0 Å². The third-order valence-corrected chi connectivity index (χ3v) is 7.36. The maximum atomic E-state index is 8.97. The number of benzene rings is 4. The summed E-state index contributed by atoms with van der Waals surface area (Å²) < 4.78 is 13.6. The summed E-state index contributed by atoms with van der Waals surface area (Å²) in [6.45, 7) is 8.78. The lowest BCUT2D eigenvalue weighted by atomic mass is 9.95. The maximum absolute atomic E-state index is 8.97. The molecule has 0 aliphatic heterocycles. The molecule has 0 unspecified atom stereocenters. The van der Waals surface area contributed by atoms with Crippen LogP contribution in [0.15, 0.2) is 91.0 Å². The Morgan fingerprint density at radius 3 is 2.26 bits per heavy atom. The van der Waals surface area contributed by atoms with Crippen LogP contribution < -0.4 is 4.57 Å². The zero-order chi connectivity index (χ0) is 25.1. The Bertz CT molecular complexity index is 1790. The van der Waals surface area contributed by atoms with Crippen LogP contribution in [0.4, 0.5) is 0 Å². The molecule has 6 aromatic rings. The number of fused-ring (bicyclic) bond motifs is 4. The van der Waals surface area contributed by atoms with Crippen LogP contribution in [0.2, 0.25) is 0 Å². The van der Waals surface area contributed by atoms with Crippen molar-refractivity contribution in [2.24, 2.45) is 7.05 Å². The Morgan fingerprint density at radius 1 is 0.743 bits per heavy atom. The molecule has 0 N–H and O–H groups in total. The second kappa shape index (κ2) is 8.09. The number of aryl methyl sites for hydroxylation is 1. The van der Waals surface area contributed by atoms with Gasteiger partial charge in [0.15, 0.2) is 5.69 Å². The summed E-state index contributed by atoms with van der Waals surface area (Å²) in [5, 5.41) is 4.70. The molecule has 2 nitrogen and oxygen atoms in total. The fraction of sp³-hybridized carbons (Fsp3) is 0.182. The van der Waals surface area contributed by atoms with Gasteiger partial charge in [0, 0.05) is 35.3 Å². The SMILES string of the molecule is [2H]c1c(C)[n+](C)c(-c2cc3c(cc2C)c2ccccc2n3C(C)C)c2ccc(-c3ccccc3)cc12. The summed E-state index contributed by atoms with van der Waals surface area (Å²) in [7, 11) is 2.09. The maximum Gasteiger partial charge on any atom is 0.220 e. The van der Waals surface area contributed by atoms with E-state index >= 15 is 0 Å². The zero-order valence-electron chi connectivity index (χ0n) is 22.1. The Kier molecular flexibility index (Phi) is 4.73. The van der Waals surface area contributed by atoms with Gasteiger partial charge in [-0.05, 0) is 73.2 Å². The first kappa shape index (κ1) is 20.5. The average Bonchev–Trinajstić information content (AvgIpc) is 3.21. The number of pyridine rings is 1. The molecule has 0 aliphatic carbocycles. The number of hydrogen-bond donors (Lipinski definition) is 0. The van der Waals surface area contributed by atoms with E-state index in [1.165, 1.54) is 38.5 Å². The highest BCUT2D eigenvalue weighted by molar-refractivity contribution is 6.10. The molecule has 4 aromatic carbocycles. The summed E-state index contributed by atoms with van der Waals surface area (Å²) in [6, 6.07) is 31.4. The van der Waals surface area contributed by atoms with E-state index in [-0.39, 0.29) is 0 Å². The van der Waals surface area contributed by atoms with Gasteiger partial charge in [-0.3, -0.25) is 0 Å². The minimum absolute atomic E-state index is 0.347. The van der Waals surface area contributed by atoms with Gasteiger partial charge in [0.05, 0.1) is 17.8 Å². The lowest BCUT2D eigenvalue weighted by Crippen LogP contribution is -2.35. The number of rotatable bonds is 3. The zero-order valence-corrected chi connectivity index (χ0v) is 21.1. The van der Waals surface area contributed by atoms with Crippen molar-refractivity contribution in [2.75, 3.05) is 0 Å². The Hall–Kier alpha value is -3.91. The summed E-state index contributed by atoms with van der Waals surface area (Å²) in [5.41, 5.74) is 9.44. The minimum atomic E-state index is 0.347. The van der Waals surface area contributed by atoms with E-state index in [4.69, 9.17) is 1.37 Å². The van der Waals surface area contributed by atoms with E-state index in [0.29, 0.717) is 12.1 Å². The highest BCUT2D eigenvalue weighted by Crippen LogP contribution is 2.38. The molecule has 0 amide bonds. The molecule has 2 heteroatoms. The van der Waals surface area contributed by atoms with Crippen LogP contribution in [0.3, 0.4) is 0 Å². The molecule has 172 valence electrons. The molecule has 0 saturated heterocycles. The van der Waals surface area contributed by atoms with E-state index in [9.17, 15) is 0 Å². The van der Waals surface area contributed by atoms with E-state index in [1.54, 1.807) is 0 Å². The van der Waals surface area contributed by atoms with Crippen molar-refractivity contribution in [1.82, 2.24) is 4.57 Å².